The van der Waals surface area contributed by atoms with Crippen LogP contribution in [0.3, 0.4) is 0 Å². The predicted molar refractivity (Wildman–Crippen MR) is 75.9 cm³/mol. The van der Waals surface area contributed by atoms with Crippen molar-refractivity contribution in [2.45, 2.75) is 43.0 Å². The molecule has 102 valence electrons. The molecule has 0 aliphatic carbocycles. The van der Waals surface area contributed by atoms with Crippen LogP contribution in [-0.2, 0) is 0 Å². The topological polar surface area (TPSA) is 20.3 Å². The Morgan fingerprint density at radius 3 is 2.47 bits per heavy atom. The van der Waals surface area contributed by atoms with Crippen molar-refractivity contribution in [3.05, 3.63) is 35.6 Å². The number of hydrogen-bond donors (Lipinski definition) is 0. The number of carbonyl (C=O) groups excluding carboxylic acids is 1. The number of rotatable bonds is 2. The lowest BCUT2D eigenvalue weighted by Gasteiger charge is -2.38. The van der Waals surface area contributed by atoms with E-state index >= 15 is 0 Å². The summed E-state index contributed by atoms with van der Waals surface area (Å²) in [5, 5.41) is 0.655. The van der Waals surface area contributed by atoms with Gasteiger partial charge in [0.05, 0.1) is 5.56 Å². The van der Waals surface area contributed by atoms with Crippen molar-refractivity contribution in [2.24, 2.45) is 0 Å². The van der Waals surface area contributed by atoms with Crippen LogP contribution in [0.5, 0.6) is 0 Å². The first-order valence-electron chi connectivity index (χ1n) is 6.80. The van der Waals surface area contributed by atoms with Crippen molar-refractivity contribution in [2.75, 3.05) is 6.26 Å². The quantitative estimate of drug-likeness (QED) is 0.827. The van der Waals surface area contributed by atoms with Crippen LogP contribution in [0.2, 0.25) is 0 Å². The molecule has 0 aromatic heterocycles. The third kappa shape index (κ3) is 2.27. The second-order valence-corrected chi connectivity index (χ2v) is 6.54. The first-order chi connectivity index (χ1) is 9.20. The molecule has 2 heterocycles. The number of piperidine rings is 1. The molecule has 0 radical (unpaired) electrons. The molecule has 2 fully saturated rings. The van der Waals surface area contributed by atoms with Crippen molar-refractivity contribution >= 4 is 17.7 Å². The Balaban J connectivity index is 1.84. The molecule has 0 spiro atoms. The van der Waals surface area contributed by atoms with Crippen molar-refractivity contribution in [1.82, 2.24) is 4.90 Å². The van der Waals surface area contributed by atoms with E-state index in [1.165, 1.54) is 6.07 Å². The normalized spacial score (nSPS) is 29.6. The highest BCUT2D eigenvalue weighted by Gasteiger charge is 2.43. The number of carbonyl (C=O) groups is 1. The molecule has 2 bridgehead atoms. The lowest BCUT2D eigenvalue weighted by atomic mass is 10.0. The summed E-state index contributed by atoms with van der Waals surface area (Å²) >= 11 is 1.89. The fourth-order valence-corrected chi connectivity index (χ4v) is 4.25. The molecule has 2 aliphatic heterocycles. The summed E-state index contributed by atoms with van der Waals surface area (Å²) in [6, 6.07) is 6.93. The fourth-order valence-electron chi connectivity index (χ4n) is 3.42. The minimum atomic E-state index is -0.404. The summed E-state index contributed by atoms with van der Waals surface area (Å²) in [6.45, 7) is 0. The number of hydrogen-bond acceptors (Lipinski definition) is 2. The van der Waals surface area contributed by atoms with Gasteiger partial charge in [0.25, 0.3) is 5.91 Å². The van der Waals surface area contributed by atoms with Crippen molar-refractivity contribution < 1.29 is 9.18 Å². The highest BCUT2D eigenvalue weighted by Crippen LogP contribution is 2.40. The van der Waals surface area contributed by atoms with Crippen molar-refractivity contribution in [1.29, 1.82) is 0 Å². The molecule has 2 nitrogen and oxygen atoms in total. The number of halogens is 1. The van der Waals surface area contributed by atoms with E-state index < -0.39 is 5.82 Å². The summed E-state index contributed by atoms with van der Waals surface area (Å²) in [4.78, 5) is 14.5. The number of amides is 1. The molecule has 1 aromatic carbocycles. The zero-order valence-electron chi connectivity index (χ0n) is 11.0. The minimum Gasteiger partial charge on any atom is -0.333 e. The molecular formula is C15H18FNOS. The molecule has 2 atom stereocenters. The molecule has 1 amide bonds. The average molecular weight is 279 g/mol. The Bertz CT molecular complexity index is 479. The van der Waals surface area contributed by atoms with Crippen LogP contribution in [0.1, 0.15) is 36.0 Å². The lowest BCUT2D eigenvalue weighted by molar-refractivity contribution is 0.0597. The fraction of sp³-hybridized carbons (Fsp3) is 0.533. The zero-order valence-corrected chi connectivity index (χ0v) is 11.8. The van der Waals surface area contributed by atoms with E-state index in [4.69, 9.17) is 0 Å². The monoisotopic (exact) mass is 279 g/mol. The average Bonchev–Trinajstić information content (AvgIpc) is 2.69. The molecule has 2 unspecified atom stereocenters. The van der Waals surface area contributed by atoms with E-state index in [-0.39, 0.29) is 11.5 Å². The van der Waals surface area contributed by atoms with Gasteiger partial charge in [0, 0.05) is 17.3 Å². The van der Waals surface area contributed by atoms with Crippen LogP contribution >= 0.6 is 11.8 Å². The molecule has 4 heteroatoms. The van der Waals surface area contributed by atoms with Gasteiger partial charge in [-0.3, -0.25) is 4.79 Å². The molecule has 1 aromatic rings. The van der Waals surface area contributed by atoms with Gasteiger partial charge < -0.3 is 4.90 Å². The molecule has 2 aliphatic rings. The maximum Gasteiger partial charge on any atom is 0.257 e. The Labute approximate surface area is 117 Å². The van der Waals surface area contributed by atoms with E-state index in [1.807, 2.05) is 16.7 Å². The summed E-state index contributed by atoms with van der Waals surface area (Å²) in [6.07, 6.45) is 6.39. The van der Waals surface area contributed by atoms with Gasteiger partial charge in [0.1, 0.15) is 5.82 Å². The summed E-state index contributed by atoms with van der Waals surface area (Å²) in [5.41, 5.74) is 0.224. The SMILES string of the molecule is CSC1CC2CCC(C1)N2C(=O)c1ccccc1F. The van der Waals surface area contributed by atoms with Crippen LogP contribution in [-0.4, -0.2) is 34.4 Å². The van der Waals surface area contributed by atoms with Gasteiger partial charge >= 0.3 is 0 Å². The van der Waals surface area contributed by atoms with E-state index in [0.29, 0.717) is 17.3 Å². The zero-order chi connectivity index (χ0) is 13.4. The smallest absolute Gasteiger partial charge is 0.257 e. The molecule has 2 saturated heterocycles. The first kappa shape index (κ1) is 13.0. The Morgan fingerprint density at radius 2 is 1.89 bits per heavy atom. The number of nitrogens with zero attached hydrogens (tertiary/aromatic N) is 1. The Kier molecular flexibility index (Phi) is 3.52. The number of benzene rings is 1. The molecule has 19 heavy (non-hydrogen) atoms. The van der Waals surface area contributed by atoms with Crippen LogP contribution in [0.4, 0.5) is 4.39 Å². The van der Waals surface area contributed by atoms with Crippen molar-refractivity contribution in [3.8, 4) is 0 Å². The predicted octanol–water partition coefficient (Wildman–Crippen LogP) is 3.32. The summed E-state index contributed by atoms with van der Waals surface area (Å²) in [7, 11) is 0. The Morgan fingerprint density at radius 1 is 1.26 bits per heavy atom. The molecule has 3 rings (SSSR count). The Hall–Kier alpha value is -1.03. The van der Waals surface area contributed by atoms with E-state index in [1.54, 1.807) is 18.2 Å². The summed E-state index contributed by atoms with van der Waals surface area (Å²) < 4.78 is 13.8. The maximum atomic E-state index is 13.8. The third-order valence-electron chi connectivity index (χ3n) is 4.36. The number of fused-ring (bicyclic) bond motifs is 2. The molecule has 0 N–H and O–H groups in total. The van der Waals surface area contributed by atoms with E-state index in [0.717, 1.165) is 25.7 Å². The van der Waals surface area contributed by atoms with Crippen LogP contribution in [0.25, 0.3) is 0 Å². The van der Waals surface area contributed by atoms with Gasteiger partial charge in [-0.05, 0) is 44.1 Å². The van der Waals surface area contributed by atoms with E-state index in [2.05, 4.69) is 6.26 Å². The highest BCUT2D eigenvalue weighted by atomic mass is 32.2. The van der Waals surface area contributed by atoms with Gasteiger partial charge in [-0.2, -0.15) is 11.8 Å². The molecular weight excluding hydrogens is 261 g/mol. The first-order valence-corrected chi connectivity index (χ1v) is 8.09. The standard InChI is InChI=1S/C15H18FNOS/c1-19-12-8-10-6-7-11(9-12)17(10)15(18)13-4-2-3-5-14(13)16/h2-5,10-12H,6-9H2,1H3. The van der Waals surface area contributed by atoms with Gasteiger partial charge in [-0.1, -0.05) is 12.1 Å². The maximum absolute atomic E-state index is 13.8. The highest BCUT2D eigenvalue weighted by molar-refractivity contribution is 7.99. The van der Waals surface area contributed by atoms with Gasteiger partial charge in [-0.15, -0.1) is 0 Å². The summed E-state index contributed by atoms with van der Waals surface area (Å²) in [5.74, 6) is -0.524. The van der Waals surface area contributed by atoms with E-state index in [9.17, 15) is 9.18 Å². The third-order valence-corrected chi connectivity index (χ3v) is 5.41. The number of thioether (sulfide) groups is 1. The minimum absolute atomic E-state index is 0.120. The van der Waals surface area contributed by atoms with Crippen molar-refractivity contribution in [3.63, 3.8) is 0 Å². The second-order valence-electron chi connectivity index (χ2n) is 5.41. The van der Waals surface area contributed by atoms with Crippen LogP contribution in [0, 0.1) is 5.82 Å². The van der Waals surface area contributed by atoms with Gasteiger partial charge in [-0.25, -0.2) is 4.39 Å². The molecule has 0 saturated carbocycles. The largest absolute Gasteiger partial charge is 0.333 e. The van der Waals surface area contributed by atoms with Crippen LogP contribution < -0.4 is 0 Å². The van der Waals surface area contributed by atoms with Crippen LogP contribution in [0.15, 0.2) is 24.3 Å². The van der Waals surface area contributed by atoms with Gasteiger partial charge in [0.15, 0.2) is 0 Å². The second kappa shape index (κ2) is 5.16. The lowest BCUT2D eigenvalue weighted by Crippen LogP contribution is -2.47. The van der Waals surface area contributed by atoms with Gasteiger partial charge in [0.2, 0.25) is 0 Å².